The maximum atomic E-state index is 11.8. The fraction of sp³-hybridized carbons (Fsp3) is 0.533. The van der Waals surface area contributed by atoms with Crippen LogP contribution in [0.5, 0.6) is 0 Å². The molecule has 1 aliphatic carbocycles. The van der Waals surface area contributed by atoms with E-state index >= 15 is 0 Å². The monoisotopic (exact) mass is 263 g/mol. The summed E-state index contributed by atoms with van der Waals surface area (Å²) >= 11 is 4.38. The minimum Gasteiger partial charge on any atom is -0.355 e. The summed E-state index contributed by atoms with van der Waals surface area (Å²) in [5.74, 6) is 0.996. The Morgan fingerprint density at radius 1 is 1.33 bits per heavy atom. The van der Waals surface area contributed by atoms with E-state index in [0.717, 1.165) is 24.4 Å². The van der Waals surface area contributed by atoms with Crippen LogP contribution in [0.15, 0.2) is 30.3 Å². The molecule has 3 heteroatoms. The summed E-state index contributed by atoms with van der Waals surface area (Å²) in [5.41, 5.74) is 1.16. The summed E-state index contributed by atoms with van der Waals surface area (Å²) in [6.45, 7) is 0.793. The second-order valence-corrected chi connectivity index (χ2v) is 5.71. The van der Waals surface area contributed by atoms with Crippen LogP contribution in [0.1, 0.15) is 31.2 Å². The van der Waals surface area contributed by atoms with E-state index in [-0.39, 0.29) is 11.2 Å². The molecule has 1 fully saturated rings. The molecule has 1 aromatic carbocycles. The van der Waals surface area contributed by atoms with E-state index in [9.17, 15) is 4.79 Å². The summed E-state index contributed by atoms with van der Waals surface area (Å²) in [5, 5.41) is 2.73. The molecule has 1 aliphatic rings. The second kappa shape index (κ2) is 6.83. The van der Waals surface area contributed by atoms with Crippen LogP contribution < -0.4 is 5.32 Å². The van der Waals surface area contributed by atoms with E-state index in [0.29, 0.717) is 6.42 Å². The van der Waals surface area contributed by atoms with Crippen molar-refractivity contribution in [3.05, 3.63) is 35.9 Å². The van der Waals surface area contributed by atoms with Crippen LogP contribution in [-0.2, 0) is 11.2 Å². The number of hydrogen-bond acceptors (Lipinski definition) is 2. The Kier molecular flexibility index (Phi) is 5.12. The number of rotatable bonds is 7. The zero-order chi connectivity index (χ0) is 12.8. The molecule has 2 nitrogen and oxygen atoms in total. The van der Waals surface area contributed by atoms with Crippen molar-refractivity contribution in [2.75, 3.05) is 6.54 Å². The van der Waals surface area contributed by atoms with Gasteiger partial charge in [0, 0.05) is 6.54 Å². The Labute approximate surface area is 115 Å². The van der Waals surface area contributed by atoms with Crippen molar-refractivity contribution in [3.8, 4) is 0 Å². The highest BCUT2D eigenvalue weighted by Gasteiger charge is 2.20. The van der Waals surface area contributed by atoms with Gasteiger partial charge < -0.3 is 5.32 Å². The first kappa shape index (κ1) is 13.5. The van der Waals surface area contributed by atoms with Crippen molar-refractivity contribution in [1.82, 2.24) is 5.32 Å². The van der Waals surface area contributed by atoms with Crippen LogP contribution in [0.3, 0.4) is 0 Å². The zero-order valence-electron chi connectivity index (χ0n) is 10.6. The van der Waals surface area contributed by atoms with Gasteiger partial charge in [0.15, 0.2) is 0 Å². The van der Waals surface area contributed by atoms with Crippen LogP contribution in [0.25, 0.3) is 0 Å². The largest absolute Gasteiger partial charge is 0.355 e. The Morgan fingerprint density at radius 3 is 2.72 bits per heavy atom. The van der Waals surface area contributed by atoms with Crippen LogP contribution in [0.2, 0.25) is 0 Å². The third-order valence-corrected chi connectivity index (χ3v) is 3.78. The standard InChI is InChI=1S/C15H21NOS/c17-15(16-10-4-7-12-8-9-12)14(18)11-13-5-2-1-3-6-13/h1-3,5-6,12,14,18H,4,7-11H2,(H,16,17). The Bertz CT molecular complexity index is 375. The topological polar surface area (TPSA) is 29.1 Å². The quantitative estimate of drug-likeness (QED) is 0.575. The van der Waals surface area contributed by atoms with Gasteiger partial charge in [0.1, 0.15) is 0 Å². The number of carbonyl (C=O) groups excluding carboxylic acids is 1. The van der Waals surface area contributed by atoms with Gasteiger partial charge in [-0.1, -0.05) is 43.2 Å². The van der Waals surface area contributed by atoms with Gasteiger partial charge in [-0.25, -0.2) is 0 Å². The molecule has 0 saturated heterocycles. The fourth-order valence-corrected chi connectivity index (χ4v) is 2.36. The summed E-state index contributed by atoms with van der Waals surface area (Å²) in [7, 11) is 0. The molecule has 2 rings (SSSR count). The lowest BCUT2D eigenvalue weighted by atomic mass is 10.1. The molecule has 1 N–H and O–H groups in total. The zero-order valence-corrected chi connectivity index (χ0v) is 11.5. The van der Waals surface area contributed by atoms with E-state index in [1.54, 1.807) is 0 Å². The summed E-state index contributed by atoms with van der Waals surface area (Å²) in [4.78, 5) is 11.8. The SMILES string of the molecule is O=C(NCCCC1CC1)C(S)Cc1ccccc1. The maximum absolute atomic E-state index is 11.8. The van der Waals surface area contributed by atoms with E-state index in [2.05, 4.69) is 17.9 Å². The van der Waals surface area contributed by atoms with Crippen molar-refractivity contribution in [3.63, 3.8) is 0 Å². The van der Waals surface area contributed by atoms with E-state index in [1.165, 1.54) is 19.3 Å². The lowest BCUT2D eigenvalue weighted by Gasteiger charge is -2.11. The van der Waals surface area contributed by atoms with Crippen LogP contribution in [-0.4, -0.2) is 17.7 Å². The number of carbonyl (C=O) groups is 1. The highest BCUT2D eigenvalue weighted by Crippen LogP contribution is 2.33. The van der Waals surface area contributed by atoms with Crippen molar-refractivity contribution >= 4 is 18.5 Å². The van der Waals surface area contributed by atoms with Gasteiger partial charge in [0.2, 0.25) is 5.91 Å². The minimum atomic E-state index is -0.242. The first-order chi connectivity index (χ1) is 8.75. The molecule has 18 heavy (non-hydrogen) atoms. The summed E-state index contributed by atoms with van der Waals surface area (Å²) in [6.07, 6.45) is 5.82. The van der Waals surface area contributed by atoms with Crippen molar-refractivity contribution < 1.29 is 4.79 Å². The number of benzene rings is 1. The lowest BCUT2D eigenvalue weighted by Crippen LogP contribution is -2.33. The number of thiol groups is 1. The molecule has 0 aromatic heterocycles. The second-order valence-electron chi connectivity index (χ2n) is 5.08. The molecule has 98 valence electrons. The Morgan fingerprint density at radius 2 is 2.06 bits per heavy atom. The maximum Gasteiger partial charge on any atom is 0.233 e. The van der Waals surface area contributed by atoms with Gasteiger partial charge in [-0.05, 0) is 30.7 Å². The van der Waals surface area contributed by atoms with Gasteiger partial charge in [-0.3, -0.25) is 4.79 Å². The van der Waals surface area contributed by atoms with Gasteiger partial charge >= 0.3 is 0 Å². The molecule has 0 bridgehead atoms. The van der Waals surface area contributed by atoms with Crippen molar-refractivity contribution in [1.29, 1.82) is 0 Å². The summed E-state index contributed by atoms with van der Waals surface area (Å²) in [6, 6.07) is 10.0. The molecule has 1 aromatic rings. The third kappa shape index (κ3) is 4.73. The number of amides is 1. The molecule has 0 radical (unpaired) electrons. The highest BCUT2D eigenvalue weighted by molar-refractivity contribution is 7.81. The molecule has 1 atom stereocenters. The highest BCUT2D eigenvalue weighted by atomic mass is 32.1. The number of hydrogen-bond donors (Lipinski definition) is 2. The molecule has 1 amide bonds. The first-order valence-corrected chi connectivity index (χ1v) is 7.27. The van der Waals surface area contributed by atoms with Gasteiger partial charge in [0.25, 0.3) is 0 Å². The van der Waals surface area contributed by atoms with Crippen LogP contribution >= 0.6 is 12.6 Å². The molecular formula is C15H21NOS. The fourth-order valence-electron chi connectivity index (χ4n) is 2.06. The first-order valence-electron chi connectivity index (χ1n) is 6.75. The number of nitrogens with one attached hydrogen (secondary N) is 1. The van der Waals surface area contributed by atoms with Crippen LogP contribution in [0.4, 0.5) is 0 Å². The molecule has 1 unspecified atom stereocenters. The average molecular weight is 263 g/mol. The molecular weight excluding hydrogens is 242 g/mol. The van der Waals surface area contributed by atoms with Crippen LogP contribution in [0, 0.1) is 5.92 Å². The predicted octanol–water partition coefficient (Wildman–Crippen LogP) is 2.83. The minimum absolute atomic E-state index is 0.0537. The Hall–Kier alpha value is -0.960. The normalized spacial score (nSPS) is 16.3. The Balaban J connectivity index is 1.64. The van der Waals surface area contributed by atoms with Crippen molar-refractivity contribution in [2.24, 2.45) is 5.92 Å². The van der Waals surface area contributed by atoms with E-state index in [4.69, 9.17) is 0 Å². The van der Waals surface area contributed by atoms with E-state index in [1.807, 2.05) is 30.3 Å². The molecule has 0 aliphatic heterocycles. The lowest BCUT2D eigenvalue weighted by molar-refractivity contribution is -0.120. The average Bonchev–Trinajstić information content (AvgIpc) is 3.19. The smallest absolute Gasteiger partial charge is 0.233 e. The molecule has 0 spiro atoms. The van der Waals surface area contributed by atoms with E-state index < -0.39 is 0 Å². The van der Waals surface area contributed by atoms with Gasteiger partial charge in [-0.15, -0.1) is 0 Å². The van der Waals surface area contributed by atoms with Crippen molar-refractivity contribution in [2.45, 2.75) is 37.4 Å². The molecule has 1 saturated carbocycles. The van der Waals surface area contributed by atoms with Gasteiger partial charge in [-0.2, -0.15) is 12.6 Å². The van der Waals surface area contributed by atoms with Gasteiger partial charge in [0.05, 0.1) is 5.25 Å². The predicted molar refractivity (Wildman–Crippen MR) is 77.9 cm³/mol. The third-order valence-electron chi connectivity index (χ3n) is 3.36. The summed E-state index contributed by atoms with van der Waals surface area (Å²) < 4.78 is 0. The molecule has 0 heterocycles.